The number of hydrogen-bond donors (Lipinski definition) is 4. The molecule has 3 heterocycles. The molecule has 146 valence electrons. The van der Waals surface area contributed by atoms with E-state index in [0.29, 0.717) is 30.3 Å². The normalized spacial score (nSPS) is 23.3. The van der Waals surface area contributed by atoms with Crippen LogP contribution in [0.5, 0.6) is 0 Å². The minimum Gasteiger partial charge on any atom is -0.354 e. The molecule has 2 aliphatic heterocycles. The largest absolute Gasteiger partial charge is 0.354 e. The zero-order valence-electron chi connectivity index (χ0n) is 15.1. The first kappa shape index (κ1) is 19.5. The molecule has 0 bridgehead atoms. The summed E-state index contributed by atoms with van der Waals surface area (Å²) in [5, 5.41) is 11.9. The first-order chi connectivity index (χ1) is 13.1. The van der Waals surface area contributed by atoms with Gasteiger partial charge in [-0.3, -0.25) is 14.6 Å². The van der Waals surface area contributed by atoms with E-state index in [9.17, 15) is 14.4 Å². The van der Waals surface area contributed by atoms with Gasteiger partial charge in [0.2, 0.25) is 5.91 Å². The maximum atomic E-state index is 11.9. The number of urea groups is 1. The summed E-state index contributed by atoms with van der Waals surface area (Å²) in [5.41, 5.74) is 0.504. The number of fused-ring (bicyclic) bond motifs is 1. The molecule has 0 radical (unpaired) electrons. The summed E-state index contributed by atoms with van der Waals surface area (Å²) in [4.78, 5) is 39.0. The molecule has 2 fully saturated rings. The molecule has 8 nitrogen and oxygen atoms in total. The van der Waals surface area contributed by atoms with Gasteiger partial charge in [-0.2, -0.15) is 11.8 Å². The second-order valence-electron chi connectivity index (χ2n) is 6.72. The summed E-state index contributed by atoms with van der Waals surface area (Å²) in [6, 6.07) is 3.80. The summed E-state index contributed by atoms with van der Waals surface area (Å²) in [7, 11) is 0. The van der Waals surface area contributed by atoms with Crippen LogP contribution in [0.1, 0.15) is 36.0 Å². The molecule has 0 unspecified atom stereocenters. The van der Waals surface area contributed by atoms with Crippen molar-refractivity contribution in [2.24, 2.45) is 0 Å². The molecule has 2 saturated heterocycles. The Morgan fingerprint density at radius 1 is 1.22 bits per heavy atom. The topological polar surface area (TPSA) is 112 Å². The van der Waals surface area contributed by atoms with Crippen molar-refractivity contribution >= 4 is 29.6 Å². The van der Waals surface area contributed by atoms with Crippen LogP contribution in [0, 0.1) is 0 Å². The minimum atomic E-state index is -0.196. The number of unbranched alkanes of at least 4 members (excludes halogenated alkanes) is 1. The predicted molar refractivity (Wildman–Crippen MR) is 104 cm³/mol. The van der Waals surface area contributed by atoms with Crippen molar-refractivity contribution < 1.29 is 14.4 Å². The quantitative estimate of drug-likeness (QED) is 0.365. The predicted octanol–water partition coefficient (Wildman–Crippen LogP) is 0.653. The van der Waals surface area contributed by atoms with Gasteiger partial charge in [0, 0.05) is 42.9 Å². The second kappa shape index (κ2) is 9.59. The molecule has 1 aromatic rings. The van der Waals surface area contributed by atoms with Crippen LogP contribution in [0.25, 0.3) is 0 Å². The van der Waals surface area contributed by atoms with Crippen LogP contribution in [-0.2, 0) is 4.79 Å². The van der Waals surface area contributed by atoms with E-state index in [4.69, 9.17) is 0 Å². The van der Waals surface area contributed by atoms with Gasteiger partial charge >= 0.3 is 6.03 Å². The average molecular weight is 391 g/mol. The molecule has 4 N–H and O–H groups in total. The molecule has 0 saturated carbocycles. The molecule has 0 aliphatic carbocycles. The number of pyridine rings is 1. The Kier molecular flexibility index (Phi) is 6.92. The number of carbonyl (C=O) groups excluding carboxylic acids is 3. The molecule has 3 rings (SSSR count). The van der Waals surface area contributed by atoms with E-state index in [0.717, 1.165) is 25.0 Å². The third-order valence-corrected chi connectivity index (χ3v) is 6.25. The first-order valence-electron chi connectivity index (χ1n) is 9.27. The van der Waals surface area contributed by atoms with Crippen molar-refractivity contribution in [3.8, 4) is 0 Å². The lowest BCUT2D eigenvalue weighted by atomic mass is 10.0. The molecule has 0 aromatic carbocycles. The number of carbonyl (C=O) groups is 3. The third kappa shape index (κ3) is 5.59. The van der Waals surface area contributed by atoms with E-state index in [-0.39, 0.29) is 29.9 Å². The standard InChI is InChI=1S/C18H25N5O3S/c24-15(20-8-9-21-17(25)12-4-3-7-19-10-12)6-2-1-5-14-16-13(11-27-14)22-18(26)23-16/h3-4,7,10,13-14,16H,1-2,5-6,8-9,11H2,(H,20,24)(H,21,25)(H2,22,23,26)/t13-,14-,16-/m0/s1. The fourth-order valence-electron chi connectivity index (χ4n) is 3.34. The van der Waals surface area contributed by atoms with Crippen LogP contribution in [0.2, 0.25) is 0 Å². The molecule has 1 aromatic heterocycles. The maximum Gasteiger partial charge on any atom is 0.315 e. The summed E-state index contributed by atoms with van der Waals surface area (Å²) in [6.45, 7) is 0.790. The molecule has 27 heavy (non-hydrogen) atoms. The molecule has 3 atom stereocenters. The average Bonchev–Trinajstić information content (AvgIpc) is 3.22. The lowest BCUT2D eigenvalue weighted by Crippen LogP contribution is -2.36. The Labute approximate surface area is 162 Å². The van der Waals surface area contributed by atoms with E-state index in [1.807, 2.05) is 11.8 Å². The van der Waals surface area contributed by atoms with E-state index < -0.39 is 0 Å². The SMILES string of the molecule is O=C(CCCC[C@@H]1SC[C@@H]2NC(=O)N[C@@H]21)NCCNC(=O)c1cccnc1. The van der Waals surface area contributed by atoms with E-state index in [2.05, 4.69) is 26.3 Å². The minimum absolute atomic E-state index is 0.00147. The highest BCUT2D eigenvalue weighted by Crippen LogP contribution is 2.33. The fourth-order valence-corrected chi connectivity index (χ4v) is 4.88. The van der Waals surface area contributed by atoms with Gasteiger partial charge in [-0.15, -0.1) is 0 Å². The Bertz CT molecular complexity index is 672. The number of amides is 4. The molecule has 0 spiro atoms. The van der Waals surface area contributed by atoms with Crippen LogP contribution in [0.15, 0.2) is 24.5 Å². The molecule has 4 amide bonds. The number of thioether (sulfide) groups is 1. The van der Waals surface area contributed by atoms with Crippen LogP contribution in [-0.4, -0.2) is 59.0 Å². The molecule has 9 heteroatoms. The van der Waals surface area contributed by atoms with Crippen molar-refractivity contribution in [1.29, 1.82) is 0 Å². The van der Waals surface area contributed by atoms with Crippen molar-refractivity contribution in [3.63, 3.8) is 0 Å². The monoisotopic (exact) mass is 391 g/mol. The Morgan fingerprint density at radius 3 is 2.89 bits per heavy atom. The van der Waals surface area contributed by atoms with Gasteiger partial charge in [0.15, 0.2) is 0 Å². The smallest absolute Gasteiger partial charge is 0.315 e. The number of nitrogens with one attached hydrogen (secondary N) is 4. The number of nitrogens with zero attached hydrogens (tertiary/aromatic N) is 1. The van der Waals surface area contributed by atoms with Crippen LogP contribution in [0.3, 0.4) is 0 Å². The number of hydrogen-bond acceptors (Lipinski definition) is 5. The summed E-state index contributed by atoms with van der Waals surface area (Å²) in [5.74, 6) is 0.760. The van der Waals surface area contributed by atoms with Gasteiger partial charge in [0.05, 0.1) is 17.6 Å². The number of aromatic nitrogens is 1. The number of rotatable bonds is 9. The van der Waals surface area contributed by atoms with Gasteiger partial charge < -0.3 is 21.3 Å². The van der Waals surface area contributed by atoms with E-state index in [1.165, 1.54) is 6.20 Å². The van der Waals surface area contributed by atoms with Crippen LogP contribution in [0.4, 0.5) is 4.79 Å². The van der Waals surface area contributed by atoms with E-state index in [1.54, 1.807) is 18.3 Å². The summed E-state index contributed by atoms with van der Waals surface area (Å²) in [6.07, 6.45) is 6.38. The first-order valence-corrected chi connectivity index (χ1v) is 10.3. The zero-order valence-corrected chi connectivity index (χ0v) is 15.9. The van der Waals surface area contributed by atoms with Gasteiger partial charge in [0.25, 0.3) is 5.91 Å². The van der Waals surface area contributed by atoms with Gasteiger partial charge in [-0.1, -0.05) is 6.42 Å². The van der Waals surface area contributed by atoms with Crippen molar-refractivity contribution in [2.75, 3.05) is 18.8 Å². The van der Waals surface area contributed by atoms with Crippen LogP contribution < -0.4 is 21.3 Å². The van der Waals surface area contributed by atoms with Crippen molar-refractivity contribution in [1.82, 2.24) is 26.3 Å². The molecular weight excluding hydrogens is 366 g/mol. The lowest BCUT2D eigenvalue weighted by Gasteiger charge is -2.16. The summed E-state index contributed by atoms with van der Waals surface area (Å²) >= 11 is 1.89. The van der Waals surface area contributed by atoms with Gasteiger partial charge in [0.1, 0.15) is 0 Å². The highest BCUT2D eigenvalue weighted by atomic mass is 32.2. The third-order valence-electron chi connectivity index (χ3n) is 4.74. The van der Waals surface area contributed by atoms with Crippen LogP contribution >= 0.6 is 11.8 Å². The molecule has 2 aliphatic rings. The van der Waals surface area contributed by atoms with Gasteiger partial charge in [-0.05, 0) is 25.0 Å². The Balaban J connectivity index is 1.22. The Hall–Kier alpha value is -2.29. The lowest BCUT2D eigenvalue weighted by molar-refractivity contribution is -0.121. The van der Waals surface area contributed by atoms with Gasteiger partial charge in [-0.25, -0.2) is 4.79 Å². The highest BCUT2D eigenvalue weighted by Gasteiger charge is 2.42. The maximum absolute atomic E-state index is 11.9. The fraction of sp³-hybridized carbons (Fsp3) is 0.556. The van der Waals surface area contributed by atoms with Crippen molar-refractivity contribution in [2.45, 2.75) is 43.0 Å². The zero-order chi connectivity index (χ0) is 19.1. The van der Waals surface area contributed by atoms with E-state index >= 15 is 0 Å². The Morgan fingerprint density at radius 2 is 2.07 bits per heavy atom. The molecular formula is C18H25N5O3S. The van der Waals surface area contributed by atoms with Crippen molar-refractivity contribution in [3.05, 3.63) is 30.1 Å². The summed E-state index contributed by atoms with van der Waals surface area (Å²) < 4.78 is 0. The highest BCUT2D eigenvalue weighted by molar-refractivity contribution is 8.00. The second-order valence-corrected chi connectivity index (χ2v) is 7.99.